The van der Waals surface area contributed by atoms with Crippen molar-refractivity contribution in [1.82, 2.24) is 14.8 Å². The molecule has 4 heteroatoms. The van der Waals surface area contributed by atoms with Crippen molar-refractivity contribution in [3.05, 3.63) is 29.6 Å². The smallest absolute Gasteiger partial charge is 0.236 e. The summed E-state index contributed by atoms with van der Waals surface area (Å²) in [7, 11) is 1.85. The quantitative estimate of drug-likeness (QED) is 0.829. The van der Waals surface area contributed by atoms with E-state index in [1.54, 1.807) is 4.90 Å². The second-order valence-corrected chi connectivity index (χ2v) is 5.41. The van der Waals surface area contributed by atoms with Gasteiger partial charge in [0.1, 0.15) is 0 Å². The number of likely N-dealkylation sites (N-methyl/N-ethyl adjacent to an activating group) is 1. The number of hydrogen-bond donors (Lipinski definition) is 0. The van der Waals surface area contributed by atoms with Gasteiger partial charge in [0.2, 0.25) is 5.91 Å². The monoisotopic (exact) mass is 261 g/mol. The van der Waals surface area contributed by atoms with Crippen molar-refractivity contribution in [2.45, 2.75) is 32.7 Å². The van der Waals surface area contributed by atoms with E-state index in [-0.39, 0.29) is 5.91 Å². The Morgan fingerprint density at radius 3 is 2.68 bits per heavy atom. The lowest BCUT2D eigenvalue weighted by molar-refractivity contribution is -0.131. The van der Waals surface area contributed by atoms with Crippen LogP contribution in [0.5, 0.6) is 0 Å². The van der Waals surface area contributed by atoms with Gasteiger partial charge < -0.3 is 4.90 Å². The van der Waals surface area contributed by atoms with Crippen LogP contribution in [0.15, 0.2) is 18.3 Å². The topological polar surface area (TPSA) is 36.4 Å². The van der Waals surface area contributed by atoms with Gasteiger partial charge in [0.25, 0.3) is 0 Å². The summed E-state index contributed by atoms with van der Waals surface area (Å²) in [5.41, 5.74) is 2.09. The Bertz CT molecular complexity index is 410. The van der Waals surface area contributed by atoms with Gasteiger partial charge in [-0.3, -0.25) is 14.7 Å². The summed E-state index contributed by atoms with van der Waals surface area (Å²) in [4.78, 5) is 20.5. The van der Waals surface area contributed by atoms with E-state index >= 15 is 0 Å². The minimum absolute atomic E-state index is 0.185. The van der Waals surface area contributed by atoms with Crippen LogP contribution in [-0.2, 0) is 11.3 Å². The van der Waals surface area contributed by atoms with Crippen LogP contribution >= 0.6 is 0 Å². The van der Waals surface area contributed by atoms with E-state index in [0.717, 1.165) is 24.3 Å². The molecule has 1 aromatic heterocycles. The molecular weight excluding hydrogens is 238 g/mol. The van der Waals surface area contributed by atoms with Gasteiger partial charge in [0, 0.05) is 13.2 Å². The van der Waals surface area contributed by atoms with Crippen molar-refractivity contribution in [2.75, 3.05) is 26.7 Å². The van der Waals surface area contributed by atoms with Crippen LogP contribution in [0.1, 0.15) is 30.5 Å². The van der Waals surface area contributed by atoms with Gasteiger partial charge in [0.05, 0.1) is 18.8 Å². The normalized spacial score (nSPS) is 16.3. The minimum Gasteiger partial charge on any atom is -0.339 e. The minimum atomic E-state index is 0.185. The molecule has 19 heavy (non-hydrogen) atoms. The standard InChI is InChI=1S/C15H23N3O/c1-13-6-7-14(16-10-13)11-17(2)15(19)12-18-8-4-3-5-9-18/h6-7,10H,3-5,8-9,11-12H2,1-2H3. The Balaban J connectivity index is 1.83. The Hall–Kier alpha value is -1.42. The van der Waals surface area contributed by atoms with Gasteiger partial charge in [-0.25, -0.2) is 0 Å². The molecule has 0 bridgehead atoms. The zero-order chi connectivity index (χ0) is 13.7. The molecule has 2 heterocycles. The van der Waals surface area contributed by atoms with E-state index in [2.05, 4.69) is 9.88 Å². The molecular formula is C15H23N3O. The fraction of sp³-hybridized carbons (Fsp3) is 0.600. The third-order valence-electron chi connectivity index (χ3n) is 3.61. The number of carbonyl (C=O) groups excluding carboxylic acids is 1. The summed E-state index contributed by atoms with van der Waals surface area (Å²) in [5.74, 6) is 0.185. The van der Waals surface area contributed by atoms with Gasteiger partial charge in [0.15, 0.2) is 0 Å². The molecule has 0 saturated carbocycles. The molecule has 0 unspecified atom stereocenters. The first-order valence-electron chi connectivity index (χ1n) is 7.03. The maximum Gasteiger partial charge on any atom is 0.236 e. The number of nitrogens with zero attached hydrogens (tertiary/aromatic N) is 3. The highest BCUT2D eigenvalue weighted by Crippen LogP contribution is 2.09. The molecule has 1 aliphatic rings. The van der Waals surface area contributed by atoms with Gasteiger partial charge in [-0.1, -0.05) is 12.5 Å². The summed E-state index contributed by atoms with van der Waals surface area (Å²) in [5, 5.41) is 0. The molecule has 0 spiro atoms. The van der Waals surface area contributed by atoms with Crippen molar-refractivity contribution < 1.29 is 4.79 Å². The maximum absolute atomic E-state index is 12.1. The van der Waals surface area contributed by atoms with Crippen molar-refractivity contribution >= 4 is 5.91 Å². The predicted octanol–water partition coefficient (Wildman–Crippen LogP) is 1.83. The van der Waals surface area contributed by atoms with E-state index in [1.165, 1.54) is 19.3 Å². The van der Waals surface area contributed by atoms with E-state index in [9.17, 15) is 4.79 Å². The number of pyridine rings is 1. The Kier molecular flexibility index (Phi) is 4.91. The summed E-state index contributed by atoms with van der Waals surface area (Å²) in [6.07, 6.45) is 5.58. The van der Waals surface area contributed by atoms with Crippen molar-refractivity contribution in [1.29, 1.82) is 0 Å². The number of hydrogen-bond acceptors (Lipinski definition) is 3. The zero-order valence-electron chi connectivity index (χ0n) is 11.9. The van der Waals surface area contributed by atoms with E-state index in [4.69, 9.17) is 0 Å². The van der Waals surface area contributed by atoms with Crippen LogP contribution in [0, 0.1) is 6.92 Å². The molecule has 0 aliphatic carbocycles. The largest absolute Gasteiger partial charge is 0.339 e. The molecule has 0 atom stereocenters. The van der Waals surface area contributed by atoms with Crippen molar-refractivity contribution in [3.63, 3.8) is 0 Å². The van der Waals surface area contributed by atoms with Crippen LogP contribution in [0.25, 0.3) is 0 Å². The highest BCUT2D eigenvalue weighted by molar-refractivity contribution is 5.77. The zero-order valence-corrected chi connectivity index (χ0v) is 11.9. The van der Waals surface area contributed by atoms with Crippen LogP contribution < -0.4 is 0 Å². The third kappa shape index (κ3) is 4.31. The highest BCUT2D eigenvalue weighted by atomic mass is 16.2. The molecule has 1 fully saturated rings. The molecule has 2 rings (SSSR count). The molecule has 1 amide bonds. The van der Waals surface area contributed by atoms with Crippen molar-refractivity contribution in [2.24, 2.45) is 0 Å². The number of rotatable bonds is 4. The Labute approximate surface area is 115 Å². The molecule has 0 radical (unpaired) electrons. The SMILES string of the molecule is Cc1ccc(CN(C)C(=O)CN2CCCCC2)nc1. The second kappa shape index (κ2) is 6.66. The van der Waals surface area contributed by atoms with E-state index in [0.29, 0.717) is 13.1 Å². The van der Waals surface area contributed by atoms with Crippen LogP contribution in [-0.4, -0.2) is 47.4 Å². The molecule has 1 saturated heterocycles. The van der Waals surface area contributed by atoms with Crippen LogP contribution in [0.3, 0.4) is 0 Å². The average molecular weight is 261 g/mol. The Morgan fingerprint density at radius 1 is 1.32 bits per heavy atom. The van der Waals surface area contributed by atoms with E-state index in [1.807, 2.05) is 32.3 Å². The molecule has 104 valence electrons. The number of likely N-dealkylation sites (tertiary alicyclic amines) is 1. The number of piperidine rings is 1. The van der Waals surface area contributed by atoms with Gasteiger partial charge >= 0.3 is 0 Å². The summed E-state index contributed by atoms with van der Waals surface area (Å²) < 4.78 is 0. The number of aryl methyl sites for hydroxylation is 1. The summed E-state index contributed by atoms with van der Waals surface area (Å²) in [6.45, 7) is 5.27. The average Bonchev–Trinajstić information content (AvgIpc) is 2.42. The number of amides is 1. The first kappa shape index (κ1) is 14.0. The van der Waals surface area contributed by atoms with Gasteiger partial charge in [-0.05, 0) is 44.5 Å². The first-order chi connectivity index (χ1) is 9.15. The lowest BCUT2D eigenvalue weighted by Gasteiger charge is -2.27. The molecule has 1 aliphatic heterocycles. The molecule has 0 N–H and O–H groups in total. The van der Waals surface area contributed by atoms with Crippen molar-refractivity contribution in [3.8, 4) is 0 Å². The highest BCUT2D eigenvalue weighted by Gasteiger charge is 2.16. The molecule has 4 nitrogen and oxygen atoms in total. The summed E-state index contributed by atoms with van der Waals surface area (Å²) >= 11 is 0. The lowest BCUT2D eigenvalue weighted by atomic mass is 10.1. The van der Waals surface area contributed by atoms with Crippen LogP contribution in [0.2, 0.25) is 0 Å². The van der Waals surface area contributed by atoms with Gasteiger partial charge in [-0.15, -0.1) is 0 Å². The van der Waals surface area contributed by atoms with E-state index < -0.39 is 0 Å². The molecule has 0 aromatic carbocycles. The van der Waals surface area contributed by atoms with Crippen LogP contribution in [0.4, 0.5) is 0 Å². The number of carbonyl (C=O) groups is 1. The number of aromatic nitrogens is 1. The Morgan fingerprint density at radius 2 is 2.05 bits per heavy atom. The lowest BCUT2D eigenvalue weighted by Crippen LogP contribution is -2.40. The third-order valence-corrected chi connectivity index (χ3v) is 3.61. The maximum atomic E-state index is 12.1. The molecule has 1 aromatic rings. The summed E-state index contributed by atoms with van der Waals surface area (Å²) in [6, 6.07) is 4.02. The predicted molar refractivity (Wildman–Crippen MR) is 75.7 cm³/mol. The fourth-order valence-electron chi connectivity index (χ4n) is 2.35. The first-order valence-corrected chi connectivity index (χ1v) is 7.03. The van der Waals surface area contributed by atoms with Gasteiger partial charge in [-0.2, -0.15) is 0 Å². The second-order valence-electron chi connectivity index (χ2n) is 5.41. The fourth-order valence-corrected chi connectivity index (χ4v) is 2.35.